The highest BCUT2D eigenvalue weighted by Gasteiger charge is 2.10. The Balaban J connectivity index is 2.60. The first kappa shape index (κ1) is 10.7. The number of nitrogens with zero attached hydrogens (tertiary/aromatic N) is 2. The van der Waals surface area contributed by atoms with Gasteiger partial charge in [0.1, 0.15) is 11.9 Å². The molecule has 1 amide bonds. The molecule has 0 saturated heterocycles. The average molecular weight is 215 g/mol. The summed E-state index contributed by atoms with van der Waals surface area (Å²) in [6, 6.07) is 2.91. The van der Waals surface area contributed by atoms with E-state index in [1.807, 2.05) is 0 Å². The van der Waals surface area contributed by atoms with E-state index < -0.39 is 0 Å². The summed E-state index contributed by atoms with van der Waals surface area (Å²) in [6.07, 6.45) is 0. The molecule has 76 valence electrons. The maximum atomic E-state index is 11.1. The van der Waals surface area contributed by atoms with E-state index >= 15 is 0 Å². The van der Waals surface area contributed by atoms with Crippen LogP contribution in [0, 0.1) is 0 Å². The van der Waals surface area contributed by atoms with Gasteiger partial charge in [0.2, 0.25) is 5.91 Å². The smallest absolute Gasteiger partial charge is 0.241 e. The molecule has 0 radical (unpaired) electrons. The van der Waals surface area contributed by atoms with Crippen LogP contribution in [0.5, 0.6) is 0 Å². The standard InChI is InChI=1S/C8H11ClN4O/c1-5(8(14)10-2)11-7-4-3-6(9)12-13-7/h3-5H,1-2H3,(H,10,14)(H,11,13). The summed E-state index contributed by atoms with van der Waals surface area (Å²) in [4.78, 5) is 11.1. The number of halogens is 1. The van der Waals surface area contributed by atoms with Crippen molar-refractivity contribution in [3.8, 4) is 0 Å². The summed E-state index contributed by atoms with van der Waals surface area (Å²) < 4.78 is 0. The van der Waals surface area contributed by atoms with Crippen molar-refractivity contribution < 1.29 is 4.79 Å². The Bertz CT molecular complexity index is 314. The monoisotopic (exact) mass is 214 g/mol. The third kappa shape index (κ3) is 2.85. The van der Waals surface area contributed by atoms with Gasteiger partial charge in [-0.3, -0.25) is 4.79 Å². The lowest BCUT2D eigenvalue weighted by Crippen LogP contribution is -2.35. The lowest BCUT2D eigenvalue weighted by atomic mass is 10.3. The summed E-state index contributed by atoms with van der Waals surface area (Å²) in [5, 5.41) is 13.1. The van der Waals surface area contributed by atoms with Crippen molar-refractivity contribution in [3.63, 3.8) is 0 Å². The van der Waals surface area contributed by atoms with E-state index in [9.17, 15) is 4.79 Å². The van der Waals surface area contributed by atoms with E-state index in [2.05, 4.69) is 20.8 Å². The Kier molecular flexibility index (Phi) is 3.64. The molecule has 6 heteroatoms. The molecule has 1 unspecified atom stereocenters. The topological polar surface area (TPSA) is 66.9 Å². The van der Waals surface area contributed by atoms with Gasteiger partial charge in [-0.05, 0) is 19.1 Å². The Hall–Kier alpha value is -1.36. The number of likely N-dealkylation sites (N-methyl/N-ethyl adjacent to an activating group) is 1. The van der Waals surface area contributed by atoms with E-state index in [0.29, 0.717) is 11.0 Å². The molecule has 0 aromatic carbocycles. The van der Waals surface area contributed by atoms with Gasteiger partial charge in [0.05, 0.1) is 0 Å². The second kappa shape index (κ2) is 4.76. The van der Waals surface area contributed by atoms with Gasteiger partial charge in [-0.1, -0.05) is 11.6 Å². The fraction of sp³-hybridized carbons (Fsp3) is 0.375. The average Bonchev–Trinajstić information content (AvgIpc) is 2.20. The molecule has 0 aliphatic carbocycles. The Morgan fingerprint density at radius 3 is 2.71 bits per heavy atom. The van der Waals surface area contributed by atoms with Crippen LogP contribution in [0.25, 0.3) is 0 Å². The zero-order valence-corrected chi connectivity index (χ0v) is 8.67. The van der Waals surface area contributed by atoms with E-state index in [1.54, 1.807) is 26.1 Å². The van der Waals surface area contributed by atoms with Crippen LogP contribution in [0.15, 0.2) is 12.1 Å². The number of hydrogen-bond donors (Lipinski definition) is 2. The van der Waals surface area contributed by atoms with Gasteiger partial charge >= 0.3 is 0 Å². The molecule has 2 N–H and O–H groups in total. The highest BCUT2D eigenvalue weighted by molar-refractivity contribution is 6.29. The Morgan fingerprint density at radius 2 is 2.21 bits per heavy atom. The maximum absolute atomic E-state index is 11.1. The predicted octanol–water partition coefficient (Wildman–Crippen LogP) is 0.676. The fourth-order valence-electron chi connectivity index (χ4n) is 0.897. The number of carbonyl (C=O) groups excluding carboxylic acids is 1. The fourth-order valence-corrected chi connectivity index (χ4v) is 0.998. The molecule has 1 aromatic rings. The zero-order chi connectivity index (χ0) is 10.6. The summed E-state index contributed by atoms with van der Waals surface area (Å²) in [5.74, 6) is 0.409. The van der Waals surface area contributed by atoms with Gasteiger partial charge in [-0.2, -0.15) is 0 Å². The van der Waals surface area contributed by atoms with E-state index in [0.717, 1.165) is 0 Å². The molecular formula is C8H11ClN4O. The molecule has 1 heterocycles. The molecule has 0 fully saturated rings. The molecule has 1 aromatic heterocycles. The minimum absolute atomic E-state index is 0.109. The number of aromatic nitrogens is 2. The van der Waals surface area contributed by atoms with Crippen LogP contribution in [0.2, 0.25) is 5.15 Å². The molecule has 0 bridgehead atoms. The van der Waals surface area contributed by atoms with Gasteiger partial charge in [0, 0.05) is 7.05 Å². The van der Waals surface area contributed by atoms with Gasteiger partial charge in [0.25, 0.3) is 0 Å². The number of hydrogen-bond acceptors (Lipinski definition) is 4. The predicted molar refractivity (Wildman–Crippen MR) is 54.2 cm³/mol. The zero-order valence-electron chi connectivity index (χ0n) is 7.91. The van der Waals surface area contributed by atoms with E-state index in [1.165, 1.54) is 0 Å². The maximum Gasteiger partial charge on any atom is 0.241 e. The molecule has 0 spiro atoms. The van der Waals surface area contributed by atoms with Crippen LogP contribution in [0.3, 0.4) is 0 Å². The summed E-state index contributed by atoms with van der Waals surface area (Å²) >= 11 is 5.56. The van der Waals surface area contributed by atoms with Crippen molar-refractivity contribution in [1.82, 2.24) is 15.5 Å². The van der Waals surface area contributed by atoms with Crippen molar-refractivity contribution >= 4 is 23.3 Å². The van der Waals surface area contributed by atoms with Gasteiger partial charge in [0.15, 0.2) is 5.15 Å². The van der Waals surface area contributed by atoms with Gasteiger partial charge in [-0.15, -0.1) is 10.2 Å². The largest absolute Gasteiger partial charge is 0.357 e. The lowest BCUT2D eigenvalue weighted by molar-refractivity contribution is -0.121. The summed E-state index contributed by atoms with van der Waals surface area (Å²) in [5.41, 5.74) is 0. The first-order chi connectivity index (χ1) is 6.63. The van der Waals surface area contributed by atoms with Gasteiger partial charge in [-0.25, -0.2) is 0 Å². The number of anilines is 1. The molecule has 0 aliphatic rings. The summed E-state index contributed by atoms with van der Waals surface area (Å²) in [7, 11) is 1.58. The first-order valence-corrected chi connectivity index (χ1v) is 4.48. The van der Waals surface area contributed by atoms with E-state index in [4.69, 9.17) is 11.6 Å². The lowest BCUT2D eigenvalue weighted by Gasteiger charge is -2.11. The minimum atomic E-state index is -0.351. The first-order valence-electron chi connectivity index (χ1n) is 4.11. The molecule has 1 atom stereocenters. The Labute approximate surface area is 86.9 Å². The number of nitrogens with one attached hydrogen (secondary N) is 2. The van der Waals surface area contributed by atoms with Crippen molar-refractivity contribution in [2.24, 2.45) is 0 Å². The van der Waals surface area contributed by atoms with Crippen molar-refractivity contribution in [1.29, 1.82) is 0 Å². The molecule has 14 heavy (non-hydrogen) atoms. The molecule has 5 nitrogen and oxygen atoms in total. The normalized spacial score (nSPS) is 11.9. The molecule has 1 rings (SSSR count). The van der Waals surface area contributed by atoms with E-state index in [-0.39, 0.29) is 11.9 Å². The van der Waals surface area contributed by atoms with Crippen LogP contribution < -0.4 is 10.6 Å². The van der Waals surface area contributed by atoms with Gasteiger partial charge < -0.3 is 10.6 Å². The second-order valence-electron chi connectivity index (χ2n) is 2.72. The third-order valence-corrected chi connectivity index (χ3v) is 1.84. The van der Waals surface area contributed by atoms with Crippen LogP contribution in [0.4, 0.5) is 5.82 Å². The van der Waals surface area contributed by atoms with Crippen LogP contribution in [0.1, 0.15) is 6.92 Å². The van der Waals surface area contributed by atoms with Crippen molar-refractivity contribution in [2.75, 3.05) is 12.4 Å². The van der Waals surface area contributed by atoms with Crippen LogP contribution >= 0.6 is 11.6 Å². The Morgan fingerprint density at radius 1 is 1.50 bits per heavy atom. The van der Waals surface area contributed by atoms with Crippen molar-refractivity contribution in [3.05, 3.63) is 17.3 Å². The number of rotatable bonds is 3. The SMILES string of the molecule is CNC(=O)C(C)Nc1ccc(Cl)nn1. The molecule has 0 aliphatic heterocycles. The second-order valence-corrected chi connectivity index (χ2v) is 3.11. The highest BCUT2D eigenvalue weighted by Crippen LogP contribution is 2.06. The molecular weight excluding hydrogens is 204 g/mol. The highest BCUT2D eigenvalue weighted by atomic mass is 35.5. The molecule has 0 saturated carbocycles. The number of carbonyl (C=O) groups is 1. The minimum Gasteiger partial charge on any atom is -0.357 e. The van der Waals surface area contributed by atoms with Crippen LogP contribution in [-0.2, 0) is 4.79 Å². The van der Waals surface area contributed by atoms with Crippen LogP contribution in [-0.4, -0.2) is 29.2 Å². The summed E-state index contributed by atoms with van der Waals surface area (Å²) in [6.45, 7) is 1.73. The third-order valence-electron chi connectivity index (χ3n) is 1.64. The van der Waals surface area contributed by atoms with Crippen molar-refractivity contribution in [2.45, 2.75) is 13.0 Å². The number of amides is 1. The quantitative estimate of drug-likeness (QED) is 0.777.